The molecular weight excluding hydrogens is 341 g/mol. The third-order valence-electron chi connectivity index (χ3n) is 5.36. The summed E-state index contributed by atoms with van der Waals surface area (Å²) in [5.41, 5.74) is 5.72. The molecule has 7 nitrogen and oxygen atoms in total. The van der Waals surface area contributed by atoms with Crippen LogP contribution in [0.5, 0.6) is 5.75 Å². The fourth-order valence-electron chi connectivity index (χ4n) is 3.83. The van der Waals surface area contributed by atoms with Gasteiger partial charge in [-0.05, 0) is 18.9 Å². The molecule has 8 heteroatoms. The first kappa shape index (κ1) is 16.8. The summed E-state index contributed by atoms with van der Waals surface area (Å²) in [6, 6.07) is 0.869. The Balaban J connectivity index is 2.04. The van der Waals surface area contributed by atoms with Crippen LogP contribution in [0.3, 0.4) is 0 Å². The van der Waals surface area contributed by atoms with Crippen LogP contribution < -0.4 is 20.8 Å². The van der Waals surface area contributed by atoms with E-state index in [-0.39, 0.29) is 41.3 Å². The summed E-state index contributed by atoms with van der Waals surface area (Å²) in [5.74, 6) is -1.44. The maximum atomic E-state index is 15.0. The van der Waals surface area contributed by atoms with Crippen LogP contribution in [0.4, 0.5) is 10.1 Å². The minimum atomic E-state index is -1.33. The average Bonchev–Trinajstić information content (AvgIpc) is 2.90. The van der Waals surface area contributed by atoms with E-state index in [9.17, 15) is 19.1 Å². The first-order valence-corrected chi connectivity index (χ1v) is 8.57. The summed E-state index contributed by atoms with van der Waals surface area (Å²) in [4.78, 5) is 25.8. The average molecular weight is 361 g/mol. The van der Waals surface area contributed by atoms with Crippen molar-refractivity contribution in [2.24, 2.45) is 11.7 Å². The number of ether oxygens (including phenoxy) is 1. The van der Waals surface area contributed by atoms with E-state index in [4.69, 9.17) is 10.5 Å². The van der Waals surface area contributed by atoms with E-state index >= 15 is 0 Å². The Morgan fingerprint density at radius 1 is 1.38 bits per heavy atom. The Kier molecular flexibility index (Phi) is 3.69. The van der Waals surface area contributed by atoms with Gasteiger partial charge >= 0.3 is 5.97 Å². The van der Waals surface area contributed by atoms with E-state index in [0.29, 0.717) is 24.3 Å². The number of carbonyl (C=O) groups is 1. The summed E-state index contributed by atoms with van der Waals surface area (Å²) < 4.78 is 22.5. The molecule has 0 aliphatic carbocycles. The van der Waals surface area contributed by atoms with Crippen molar-refractivity contribution in [3.8, 4) is 5.75 Å². The Hall–Kier alpha value is -2.61. The van der Waals surface area contributed by atoms with E-state index in [2.05, 4.69) is 0 Å². The zero-order valence-corrected chi connectivity index (χ0v) is 14.5. The number of anilines is 1. The number of aromatic carboxylic acids is 1. The first-order valence-electron chi connectivity index (χ1n) is 8.57. The monoisotopic (exact) mass is 361 g/mol. The highest BCUT2D eigenvalue weighted by Crippen LogP contribution is 2.43. The number of rotatable bonds is 2. The first-order chi connectivity index (χ1) is 12.3. The molecule has 1 saturated heterocycles. The zero-order valence-electron chi connectivity index (χ0n) is 14.5. The fourth-order valence-corrected chi connectivity index (χ4v) is 3.83. The second-order valence-electron chi connectivity index (χ2n) is 7.22. The van der Waals surface area contributed by atoms with Crippen LogP contribution in [0, 0.1) is 11.7 Å². The minimum Gasteiger partial charge on any atom is -0.487 e. The summed E-state index contributed by atoms with van der Waals surface area (Å²) >= 11 is 0. The number of aromatic nitrogens is 1. The molecule has 1 fully saturated rings. The third kappa shape index (κ3) is 2.28. The number of carboxylic acids is 1. The molecule has 26 heavy (non-hydrogen) atoms. The number of carboxylic acid groups (broad SMARTS) is 1. The molecule has 2 aromatic rings. The number of hydrogen-bond acceptors (Lipinski definition) is 5. The van der Waals surface area contributed by atoms with Crippen molar-refractivity contribution in [2.45, 2.75) is 25.9 Å². The van der Waals surface area contributed by atoms with Crippen LogP contribution >= 0.6 is 0 Å². The number of hydrogen-bond donors (Lipinski definition) is 2. The number of nitrogens with two attached hydrogens (primary N) is 1. The van der Waals surface area contributed by atoms with Crippen LogP contribution in [0.2, 0.25) is 0 Å². The molecule has 1 aromatic heterocycles. The fraction of sp³-hybridized carbons (Fsp3) is 0.444. The van der Waals surface area contributed by atoms with E-state index in [1.807, 2.05) is 18.7 Å². The SMILES string of the molecule is CC1CN(c2c(F)cc3c(=O)c(C(=O)O)cn4c3c2OCC4C)CC1N. The number of pyridine rings is 1. The second kappa shape index (κ2) is 5.70. The van der Waals surface area contributed by atoms with E-state index in [1.165, 1.54) is 6.20 Å². The molecule has 0 saturated carbocycles. The van der Waals surface area contributed by atoms with Crippen molar-refractivity contribution in [1.29, 1.82) is 0 Å². The number of halogens is 1. The van der Waals surface area contributed by atoms with Gasteiger partial charge in [-0.3, -0.25) is 4.79 Å². The molecular formula is C18H20FN3O4. The maximum Gasteiger partial charge on any atom is 0.341 e. The molecule has 3 unspecified atom stereocenters. The van der Waals surface area contributed by atoms with Crippen molar-refractivity contribution < 1.29 is 19.0 Å². The topological polar surface area (TPSA) is 97.8 Å². The van der Waals surface area contributed by atoms with Crippen LogP contribution in [0.25, 0.3) is 10.9 Å². The van der Waals surface area contributed by atoms with Crippen molar-refractivity contribution in [3.05, 3.63) is 33.9 Å². The number of benzene rings is 1. The molecule has 2 aliphatic rings. The lowest BCUT2D eigenvalue weighted by atomic mass is 10.1. The quantitative estimate of drug-likeness (QED) is 0.843. The Morgan fingerprint density at radius 2 is 2.12 bits per heavy atom. The molecule has 0 bridgehead atoms. The van der Waals surface area contributed by atoms with Gasteiger partial charge in [0.25, 0.3) is 0 Å². The van der Waals surface area contributed by atoms with E-state index in [0.717, 1.165) is 6.07 Å². The van der Waals surface area contributed by atoms with Crippen molar-refractivity contribution >= 4 is 22.6 Å². The van der Waals surface area contributed by atoms with Gasteiger partial charge in [-0.15, -0.1) is 0 Å². The minimum absolute atomic E-state index is 0.0178. The highest BCUT2D eigenvalue weighted by Gasteiger charge is 2.34. The van der Waals surface area contributed by atoms with Gasteiger partial charge in [-0.25, -0.2) is 9.18 Å². The van der Waals surface area contributed by atoms with Gasteiger partial charge in [0.1, 0.15) is 17.9 Å². The molecule has 138 valence electrons. The van der Waals surface area contributed by atoms with Crippen LogP contribution in [0.15, 0.2) is 17.1 Å². The van der Waals surface area contributed by atoms with Gasteiger partial charge in [0.05, 0.1) is 16.9 Å². The molecule has 3 heterocycles. The molecule has 0 spiro atoms. The Morgan fingerprint density at radius 3 is 2.73 bits per heavy atom. The van der Waals surface area contributed by atoms with Gasteiger partial charge < -0.3 is 25.0 Å². The number of nitrogens with zero attached hydrogens (tertiary/aromatic N) is 2. The lowest BCUT2D eigenvalue weighted by Crippen LogP contribution is -2.31. The van der Waals surface area contributed by atoms with E-state index in [1.54, 1.807) is 4.57 Å². The van der Waals surface area contributed by atoms with Crippen molar-refractivity contribution in [2.75, 3.05) is 24.6 Å². The van der Waals surface area contributed by atoms with Crippen LogP contribution in [-0.2, 0) is 0 Å². The van der Waals surface area contributed by atoms with Crippen molar-refractivity contribution in [1.82, 2.24) is 4.57 Å². The maximum absolute atomic E-state index is 15.0. The molecule has 0 radical (unpaired) electrons. The third-order valence-corrected chi connectivity index (χ3v) is 5.36. The molecule has 3 atom stereocenters. The highest BCUT2D eigenvalue weighted by molar-refractivity contribution is 5.97. The zero-order chi connectivity index (χ0) is 18.7. The highest BCUT2D eigenvalue weighted by atomic mass is 19.1. The summed E-state index contributed by atoms with van der Waals surface area (Å²) in [6.07, 6.45) is 1.32. The summed E-state index contributed by atoms with van der Waals surface area (Å²) in [6.45, 7) is 5.21. The van der Waals surface area contributed by atoms with E-state index < -0.39 is 17.2 Å². The van der Waals surface area contributed by atoms with Gasteiger partial charge in [0.2, 0.25) is 5.43 Å². The van der Waals surface area contributed by atoms with Gasteiger partial charge in [0, 0.05) is 25.3 Å². The van der Waals surface area contributed by atoms with Gasteiger partial charge in [-0.1, -0.05) is 6.92 Å². The molecule has 1 aromatic carbocycles. The standard InChI is InChI=1S/C18H20FN3O4/c1-8-4-21(6-13(8)20)15-12(19)3-10-14-17(15)26-7-9(2)22(14)5-11(16(10)23)18(24)25/h3,5,8-9,13H,4,6-7,20H2,1-2H3,(H,24,25). The molecule has 3 N–H and O–H groups in total. The summed E-state index contributed by atoms with van der Waals surface area (Å²) in [5, 5.41) is 9.33. The van der Waals surface area contributed by atoms with Crippen LogP contribution in [0.1, 0.15) is 30.2 Å². The lowest BCUT2D eigenvalue weighted by molar-refractivity contribution is 0.0694. The molecule has 4 rings (SSSR count). The molecule has 2 aliphatic heterocycles. The Labute approximate surface area is 148 Å². The smallest absolute Gasteiger partial charge is 0.341 e. The van der Waals surface area contributed by atoms with Gasteiger partial charge in [-0.2, -0.15) is 0 Å². The largest absolute Gasteiger partial charge is 0.487 e. The van der Waals surface area contributed by atoms with Crippen molar-refractivity contribution in [3.63, 3.8) is 0 Å². The van der Waals surface area contributed by atoms with Gasteiger partial charge in [0.15, 0.2) is 11.6 Å². The Bertz CT molecular complexity index is 977. The molecule has 0 amide bonds. The predicted molar refractivity (Wildman–Crippen MR) is 94.7 cm³/mol. The lowest BCUT2D eigenvalue weighted by Gasteiger charge is -2.31. The van der Waals surface area contributed by atoms with Crippen LogP contribution in [-0.4, -0.2) is 41.4 Å². The summed E-state index contributed by atoms with van der Waals surface area (Å²) in [7, 11) is 0. The second-order valence-corrected chi connectivity index (χ2v) is 7.22. The normalized spacial score (nSPS) is 24.8. The predicted octanol–water partition coefficient (Wildman–Crippen LogP) is 1.58.